The molecule has 3 atom stereocenters. The van der Waals surface area contributed by atoms with Crippen LogP contribution in [0.15, 0.2) is 0 Å². The number of hydrogen-bond acceptors (Lipinski definition) is 3. The topological polar surface area (TPSA) is 21.3 Å². The lowest BCUT2D eigenvalue weighted by Crippen LogP contribution is -2.28. The maximum Gasteiger partial charge on any atom is 0.0587 e. The fraction of sp³-hybridized carbons (Fsp3) is 1.00. The van der Waals surface area contributed by atoms with Crippen LogP contribution in [0.3, 0.4) is 0 Å². The molecule has 1 heterocycles. The fourth-order valence-electron chi connectivity index (χ4n) is 2.96. The predicted octanol–water partition coefficient (Wildman–Crippen LogP) is 2.14. The van der Waals surface area contributed by atoms with Crippen LogP contribution in [0.25, 0.3) is 0 Å². The highest BCUT2D eigenvalue weighted by Gasteiger charge is 2.57. The predicted molar refractivity (Wildman–Crippen MR) is 66.4 cm³/mol. The average molecular weight is 229 g/mol. The molecule has 2 nitrogen and oxygen atoms in total. The Morgan fingerprint density at radius 1 is 1.53 bits per heavy atom. The molecule has 1 N–H and O–H groups in total. The van der Waals surface area contributed by atoms with E-state index in [1.54, 1.807) is 7.11 Å². The van der Waals surface area contributed by atoms with Crippen LogP contribution in [0.5, 0.6) is 0 Å². The molecular weight excluding hydrogens is 206 g/mol. The minimum Gasteiger partial charge on any atom is -0.383 e. The average Bonchev–Trinajstić information content (AvgIpc) is 2.93. The summed E-state index contributed by atoms with van der Waals surface area (Å²) in [4.78, 5) is 0. The van der Waals surface area contributed by atoms with Crippen molar-refractivity contribution in [2.45, 2.75) is 31.4 Å². The number of nitrogens with one attached hydrogen (secondary N) is 1. The Hall–Kier alpha value is 0.270. The van der Waals surface area contributed by atoms with E-state index in [0.29, 0.717) is 5.41 Å². The van der Waals surface area contributed by atoms with Crippen LogP contribution in [-0.4, -0.2) is 37.8 Å². The summed E-state index contributed by atoms with van der Waals surface area (Å²) >= 11 is 2.18. The van der Waals surface area contributed by atoms with E-state index in [2.05, 4.69) is 24.0 Å². The zero-order valence-electron chi connectivity index (χ0n) is 9.92. The number of methoxy groups -OCH3 is 1. The molecule has 0 aromatic carbocycles. The van der Waals surface area contributed by atoms with Crippen LogP contribution in [0.4, 0.5) is 0 Å². The van der Waals surface area contributed by atoms with Gasteiger partial charge >= 0.3 is 0 Å². The molecule has 1 saturated heterocycles. The van der Waals surface area contributed by atoms with Gasteiger partial charge in [0.15, 0.2) is 0 Å². The molecule has 0 bridgehead atoms. The van der Waals surface area contributed by atoms with Crippen molar-refractivity contribution in [2.75, 3.05) is 32.6 Å². The van der Waals surface area contributed by atoms with Gasteiger partial charge in [-0.3, -0.25) is 0 Å². The lowest BCUT2D eigenvalue weighted by molar-refractivity contribution is 0.198. The summed E-state index contributed by atoms with van der Waals surface area (Å²) < 4.78 is 5.04. The van der Waals surface area contributed by atoms with E-state index < -0.39 is 0 Å². The van der Waals surface area contributed by atoms with Gasteiger partial charge in [-0.15, -0.1) is 0 Å². The van der Waals surface area contributed by atoms with E-state index in [1.807, 2.05) is 0 Å². The van der Waals surface area contributed by atoms with E-state index in [4.69, 9.17) is 4.74 Å². The Bertz CT molecular complexity index is 212. The maximum atomic E-state index is 5.04. The summed E-state index contributed by atoms with van der Waals surface area (Å²) in [5.74, 6) is 2.32. The minimum absolute atomic E-state index is 0.711. The van der Waals surface area contributed by atoms with Gasteiger partial charge in [0.2, 0.25) is 0 Å². The van der Waals surface area contributed by atoms with Gasteiger partial charge in [0, 0.05) is 18.9 Å². The molecule has 1 spiro atoms. The van der Waals surface area contributed by atoms with Crippen molar-refractivity contribution in [1.29, 1.82) is 0 Å². The lowest BCUT2D eigenvalue weighted by atomic mass is 9.93. The van der Waals surface area contributed by atoms with Gasteiger partial charge in [0.05, 0.1) is 6.61 Å². The van der Waals surface area contributed by atoms with Crippen LogP contribution >= 0.6 is 11.8 Å². The zero-order valence-corrected chi connectivity index (χ0v) is 10.7. The van der Waals surface area contributed by atoms with Gasteiger partial charge in [-0.05, 0) is 42.9 Å². The Morgan fingerprint density at radius 2 is 2.40 bits per heavy atom. The van der Waals surface area contributed by atoms with Crippen molar-refractivity contribution in [3.05, 3.63) is 0 Å². The molecule has 0 aromatic rings. The van der Waals surface area contributed by atoms with Crippen molar-refractivity contribution in [1.82, 2.24) is 5.32 Å². The van der Waals surface area contributed by atoms with Crippen molar-refractivity contribution >= 4 is 11.8 Å². The number of ether oxygens (including phenoxy) is 1. The van der Waals surface area contributed by atoms with Crippen molar-refractivity contribution < 1.29 is 4.74 Å². The highest BCUT2D eigenvalue weighted by molar-refractivity contribution is 7.99. The SMILES string of the molecule is COCCNCC1CC12CCCSC2C. The Labute approximate surface area is 97.5 Å². The molecule has 1 aliphatic heterocycles. The standard InChI is InChI=1S/C12H23NOS/c1-10-12(4-3-7-15-10)8-11(12)9-13-5-6-14-2/h10-11,13H,3-9H2,1-2H3. The van der Waals surface area contributed by atoms with Crippen LogP contribution in [0, 0.1) is 11.3 Å². The second kappa shape index (κ2) is 5.07. The third kappa shape index (κ3) is 2.51. The number of rotatable bonds is 5. The molecule has 0 aromatic heterocycles. The molecule has 3 unspecified atom stereocenters. The largest absolute Gasteiger partial charge is 0.383 e. The molecule has 2 rings (SSSR count). The molecule has 15 heavy (non-hydrogen) atoms. The van der Waals surface area contributed by atoms with Gasteiger partial charge in [0.1, 0.15) is 0 Å². The number of hydrogen-bond donors (Lipinski definition) is 1. The summed E-state index contributed by atoms with van der Waals surface area (Å²) in [7, 11) is 1.76. The molecule has 3 heteroatoms. The summed E-state index contributed by atoms with van der Waals surface area (Å²) in [5.41, 5.74) is 0.711. The van der Waals surface area contributed by atoms with Gasteiger partial charge < -0.3 is 10.1 Å². The molecule has 2 fully saturated rings. The Balaban J connectivity index is 1.69. The van der Waals surface area contributed by atoms with Gasteiger partial charge in [-0.2, -0.15) is 11.8 Å². The first kappa shape index (κ1) is 11.7. The second-order valence-corrected chi connectivity index (χ2v) is 6.40. The fourth-order valence-corrected chi connectivity index (χ4v) is 4.36. The monoisotopic (exact) mass is 229 g/mol. The summed E-state index contributed by atoms with van der Waals surface area (Å²) in [6.07, 6.45) is 4.36. The van der Waals surface area contributed by atoms with Gasteiger partial charge in [-0.25, -0.2) is 0 Å². The quantitative estimate of drug-likeness (QED) is 0.730. The first-order valence-corrected chi connectivity index (χ1v) is 7.16. The molecule has 0 amide bonds. The molecule has 2 aliphatic rings. The zero-order chi connectivity index (χ0) is 10.7. The van der Waals surface area contributed by atoms with E-state index in [-0.39, 0.29) is 0 Å². The van der Waals surface area contributed by atoms with Crippen LogP contribution in [-0.2, 0) is 4.74 Å². The minimum atomic E-state index is 0.711. The van der Waals surface area contributed by atoms with E-state index in [1.165, 1.54) is 31.6 Å². The third-order valence-corrected chi connectivity index (χ3v) is 5.61. The van der Waals surface area contributed by atoms with Crippen molar-refractivity contribution in [3.8, 4) is 0 Å². The second-order valence-electron chi connectivity index (χ2n) is 4.95. The van der Waals surface area contributed by atoms with E-state index >= 15 is 0 Å². The Kier molecular flexibility index (Phi) is 3.97. The molecular formula is C12H23NOS. The van der Waals surface area contributed by atoms with Crippen molar-refractivity contribution in [2.24, 2.45) is 11.3 Å². The van der Waals surface area contributed by atoms with E-state index in [9.17, 15) is 0 Å². The van der Waals surface area contributed by atoms with E-state index in [0.717, 1.165) is 24.3 Å². The highest BCUT2D eigenvalue weighted by Crippen LogP contribution is 2.63. The maximum absolute atomic E-state index is 5.04. The molecule has 1 aliphatic carbocycles. The first-order valence-electron chi connectivity index (χ1n) is 6.11. The normalized spacial score (nSPS) is 39.6. The third-order valence-electron chi connectivity index (χ3n) is 4.12. The summed E-state index contributed by atoms with van der Waals surface area (Å²) in [6.45, 7) is 5.47. The van der Waals surface area contributed by atoms with Crippen LogP contribution < -0.4 is 5.32 Å². The highest BCUT2D eigenvalue weighted by atomic mass is 32.2. The Morgan fingerprint density at radius 3 is 3.13 bits per heavy atom. The van der Waals surface area contributed by atoms with Crippen LogP contribution in [0.1, 0.15) is 26.2 Å². The van der Waals surface area contributed by atoms with Gasteiger partial charge in [0.25, 0.3) is 0 Å². The van der Waals surface area contributed by atoms with Crippen molar-refractivity contribution in [3.63, 3.8) is 0 Å². The van der Waals surface area contributed by atoms with Gasteiger partial charge in [-0.1, -0.05) is 6.92 Å². The summed E-state index contributed by atoms with van der Waals surface area (Å²) in [5, 5.41) is 4.40. The summed E-state index contributed by atoms with van der Waals surface area (Å²) in [6, 6.07) is 0. The first-order chi connectivity index (χ1) is 7.29. The molecule has 0 radical (unpaired) electrons. The molecule has 88 valence electrons. The van der Waals surface area contributed by atoms with Crippen LogP contribution in [0.2, 0.25) is 0 Å². The number of thioether (sulfide) groups is 1. The molecule has 1 saturated carbocycles. The lowest BCUT2D eigenvalue weighted by Gasteiger charge is -2.29. The smallest absolute Gasteiger partial charge is 0.0587 e.